The lowest BCUT2D eigenvalue weighted by Gasteiger charge is -2.17. The number of nitrogens with zero attached hydrogens (tertiary/aromatic N) is 5. The van der Waals surface area contributed by atoms with E-state index in [1.54, 1.807) is 36.2 Å². The van der Waals surface area contributed by atoms with Crippen molar-refractivity contribution in [1.82, 2.24) is 25.1 Å². The van der Waals surface area contributed by atoms with Gasteiger partial charge in [-0.25, -0.2) is 4.68 Å². The predicted octanol–water partition coefficient (Wildman–Crippen LogP) is 2.59. The average Bonchev–Trinajstić information content (AvgIpc) is 3.09. The minimum absolute atomic E-state index is 0.0618. The van der Waals surface area contributed by atoms with Crippen molar-refractivity contribution in [3.05, 3.63) is 71.0 Å². The molecule has 0 aliphatic rings. The minimum atomic E-state index is -0.0618. The predicted molar refractivity (Wildman–Crippen MR) is 86.4 cm³/mol. The number of carbonyl (C=O) groups excluding carboxylic acids is 1. The fourth-order valence-electron chi connectivity index (χ4n) is 2.24. The lowest BCUT2D eigenvalue weighted by molar-refractivity contribution is 0.0785. The highest BCUT2D eigenvalue weighted by Crippen LogP contribution is 2.14. The molecule has 0 aliphatic carbocycles. The summed E-state index contributed by atoms with van der Waals surface area (Å²) in [5, 5.41) is 11.6. The van der Waals surface area contributed by atoms with Crippen molar-refractivity contribution >= 4 is 17.5 Å². The lowest BCUT2D eigenvalue weighted by atomic mass is 10.1. The van der Waals surface area contributed by atoms with Gasteiger partial charge in [0.15, 0.2) is 0 Å². The van der Waals surface area contributed by atoms with Gasteiger partial charge in [-0.2, -0.15) is 0 Å². The van der Waals surface area contributed by atoms with Gasteiger partial charge in [0.25, 0.3) is 5.91 Å². The van der Waals surface area contributed by atoms with Gasteiger partial charge in [-0.1, -0.05) is 23.7 Å². The second kappa shape index (κ2) is 6.58. The third-order valence-corrected chi connectivity index (χ3v) is 3.62. The van der Waals surface area contributed by atoms with Gasteiger partial charge in [-0.15, -0.1) is 5.10 Å². The Morgan fingerprint density at radius 2 is 2.00 bits per heavy atom. The summed E-state index contributed by atoms with van der Waals surface area (Å²) >= 11 is 5.97. The van der Waals surface area contributed by atoms with Crippen molar-refractivity contribution in [2.45, 2.75) is 6.54 Å². The van der Waals surface area contributed by atoms with Crippen molar-refractivity contribution < 1.29 is 4.79 Å². The fraction of sp³-hybridized carbons (Fsp3) is 0.125. The number of aromatic nitrogens is 4. The van der Waals surface area contributed by atoms with Gasteiger partial charge in [0, 0.05) is 24.2 Å². The monoisotopic (exact) mass is 327 g/mol. The minimum Gasteiger partial charge on any atom is -0.337 e. The zero-order valence-electron chi connectivity index (χ0n) is 12.4. The van der Waals surface area contributed by atoms with Gasteiger partial charge in [-0.3, -0.25) is 4.79 Å². The molecule has 3 aromatic rings. The molecule has 0 atom stereocenters. The lowest BCUT2D eigenvalue weighted by Crippen LogP contribution is -2.26. The molecular formula is C16H14ClN5O. The van der Waals surface area contributed by atoms with Crippen LogP contribution in [0.4, 0.5) is 0 Å². The molecule has 6 nitrogen and oxygen atoms in total. The first-order chi connectivity index (χ1) is 11.1. The Kier molecular flexibility index (Phi) is 4.34. The van der Waals surface area contributed by atoms with E-state index in [4.69, 9.17) is 11.6 Å². The van der Waals surface area contributed by atoms with E-state index in [1.807, 2.05) is 24.3 Å². The second-order valence-corrected chi connectivity index (χ2v) is 5.53. The van der Waals surface area contributed by atoms with Crippen molar-refractivity contribution in [3.63, 3.8) is 0 Å². The molecule has 0 unspecified atom stereocenters. The van der Waals surface area contributed by atoms with E-state index in [0.717, 1.165) is 11.3 Å². The van der Waals surface area contributed by atoms with E-state index in [2.05, 4.69) is 15.5 Å². The first-order valence-corrected chi connectivity index (χ1v) is 7.34. The van der Waals surface area contributed by atoms with Crippen molar-refractivity contribution in [2.75, 3.05) is 7.05 Å². The van der Waals surface area contributed by atoms with E-state index in [-0.39, 0.29) is 5.91 Å². The van der Waals surface area contributed by atoms with Crippen LogP contribution in [0.3, 0.4) is 0 Å². The number of rotatable bonds is 4. The number of amides is 1. The van der Waals surface area contributed by atoms with Gasteiger partial charge in [-0.05, 0) is 52.4 Å². The largest absolute Gasteiger partial charge is 0.337 e. The maximum absolute atomic E-state index is 12.5. The topological polar surface area (TPSA) is 63.9 Å². The average molecular weight is 328 g/mol. The van der Waals surface area contributed by atoms with Crippen LogP contribution >= 0.6 is 11.6 Å². The van der Waals surface area contributed by atoms with Gasteiger partial charge in [0.05, 0.1) is 5.69 Å². The quantitative estimate of drug-likeness (QED) is 0.739. The first kappa shape index (κ1) is 15.2. The molecule has 0 spiro atoms. The maximum atomic E-state index is 12.5. The van der Waals surface area contributed by atoms with E-state index >= 15 is 0 Å². The molecule has 0 aliphatic heterocycles. The van der Waals surface area contributed by atoms with E-state index < -0.39 is 0 Å². The van der Waals surface area contributed by atoms with Crippen LogP contribution in [-0.4, -0.2) is 38.1 Å². The summed E-state index contributed by atoms with van der Waals surface area (Å²) in [6.45, 7) is 0.494. The van der Waals surface area contributed by atoms with Crippen LogP contribution in [0.5, 0.6) is 0 Å². The molecule has 2 aromatic carbocycles. The summed E-state index contributed by atoms with van der Waals surface area (Å²) in [4.78, 5) is 14.1. The van der Waals surface area contributed by atoms with E-state index in [0.29, 0.717) is 17.1 Å². The third-order valence-electron chi connectivity index (χ3n) is 3.38. The molecule has 1 amide bonds. The summed E-state index contributed by atoms with van der Waals surface area (Å²) in [6.07, 6.45) is 1.50. The Morgan fingerprint density at radius 1 is 1.22 bits per heavy atom. The summed E-state index contributed by atoms with van der Waals surface area (Å²) in [5.41, 5.74) is 2.38. The Balaban J connectivity index is 1.72. The maximum Gasteiger partial charge on any atom is 0.253 e. The molecule has 0 N–H and O–H groups in total. The zero-order valence-corrected chi connectivity index (χ0v) is 13.2. The number of hydrogen-bond donors (Lipinski definition) is 0. The fourth-order valence-corrected chi connectivity index (χ4v) is 2.45. The molecule has 0 radical (unpaired) electrons. The highest BCUT2D eigenvalue weighted by Gasteiger charge is 2.12. The van der Waals surface area contributed by atoms with E-state index in [9.17, 15) is 4.79 Å². The molecule has 7 heteroatoms. The van der Waals surface area contributed by atoms with Crippen LogP contribution in [-0.2, 0) is 6.54 Å². The van der Waals surface area contributed by atoms with Crippen molar-refractivity contribution in [2.24, 2.45) is 0 Å². The number of benzene rings is 2. The Morgan fingerprint density at radius 3 is 2.65 bits per heavy atom. The van der Waals surface area contributed by atoms with Crippen LogP contribution in [0.2, 0.25) is 5.02 Å². The summed E-state index contributed by atoms with van der Waals surface area (Å²) < 4.78 is 1.53. The number of carbonyl (C=O) groups is 1. The first-order valence-electron chi connectivity index (χ1n) is 6.97. The van der Waals surface area contributed by atoms with Crippen LogP contribution in [0.1, 0.15) is 15.9 Å². The van der Waals surface area contributed by atoms with Gasteiger partial charge in [0.1, 0.15) is 6.33 Å². The van der Waals surface area contributed by atoms with Crippen molar-refractivity contribution in [3.8, 4) is 5.69 Å². The molecular weight excluding hydrogens is 314 g/mol. The molecule has 23 heavy (non-hydrogen) atoms. The molecule has 1 aromatic heterocycles. The molecule has 0 bridgehead atoms. The zero-order chi connectivity index (χ0) is 16.2. The highest BCUT2D eigenvalue weighted by atomic mass is 35.5. The molecule has 0 fully saturated rings. The summed E-state index contributed by atoms with van der Waals surface area (Å²) in [7, 11) is 1.76. The van der Waals surface area contributed by atoms with Gasteiger partial charge < -0.3 is 4.90 Å². The van der Waals surface area contributed by atoms with Crippen LogP contribution in [0.15, 0.2) is 54.9 Å². The van der Waals surface area contributed by atoms with Crippen LogP contribution in [0, 0.1) is 0 Å². The normalized spacial score (nSPS) is 10.5. The second-order valence-electron chi connectivity index (χ2n) is 5.09. The number of tetrazole rings is 1. The highest BCUT2D eigenvalue weighted by molar-refractivity contribution is 6.30. The number of halogens is 1. The van der Waals surface area contributed by atoms with Gasteiger partial charge in [0.2, 0.25) is 0 Å². The van der Waals surface area contributed by atoms with Crippen molar-refractivity contribution in [1.29, 1.82) is 0 Å². The molecule has 0 saturated heterocycles. The molecule has 116 valence electrons. The third kappa shape index (κ3) is 3.54. The van der Waals surface area contributed by atoms with E-state index in [1.165, 1.54) is 11.0 Å². The summed E-state index contributed by atoms with van der Waals surface area (Å²) in [5.74, 6) is -0.0618. The molecule has 3 rings (SSSR count). The van der Waals surface area contributed by atoms with Crippen LogP contribution < -0.4 is 0 Å². The van der Waals surface area contributed by atoms with Crippen LogP contribution in [0.25, 0.3) is 5.69 Å². The molecule has 1 heterocycles. The molecule has 0 saturated carbocycles. The Hall–Kier alpha value is -2.73. The summed E-state index contributed by atoms with van der Waals surface area (Å²) in [6, 6.07) is 14.6. The smallest absolute Gasteiger partial charge is 0.253 e. The standard InChI is InChI=1S/C16H14ClN5O/c1-21(10-12-3-2-4-14(17)9-12)16(23)13-5-7-15(8-6-13)22-11-18-19-20-22/h2-9,11H,10H2,1H3. The SMILES string of the molecule is CN(Cc1cccc(Cl)c1)C(=O)c1ccc(-n2cnnn2)cc1. The number of hydrogen-bond acceptors (Lipinski definition) is 4. The van der Waals surface area contributed by atoms with Gasteiger partial charge >= 0.3 is 0 Å². The Labute approximate surface area is 138 Å². The Bertz CT molecular complexity index is 802.